The summed E-state index contributed by atoms with van der Waals surface area (Å²) in [6.07, 6.45) is 6.47. The number of hydrogen-bond donors (Lipinski definition) is 1. The van der Waals surface area contributed by atoms with E-state index in [2.05, 4.69) is 9.82 Å². The van der Waals surface area contributed by atoms with Gasteiger partial charge >= 0.3 is 0 Å². The first-order valence-electron chi connectivity index (χ1n) is 7.25. The molecule has 0 bridgehead atoms. The Morgan fingerprint density at radius 1 is 1.45 bits per heavy atom. The number of likely N-dealkylation sites (tertiary alicyclic amines) is 1. The Balaban J connectivity index is 1.66. The minimum Gasteiger partial charge on any atom is -0.339 e. The van der Waals surface area contributed by atoms with E-state index >= 15 is 0 Å². The molecule has 0 aromatic carbocycles. The van der Waals surface area contributed by atoms with Gasteiger partial charge in [0.2, 0.25) is 15.9 Å². The summed E-state index contributed by atoms with van der Waals surface area (Å²) in [5.41, 5.74) is 0. The van der Waals surface area contributed by atoms with E-state index < -0.39 is 10.0 Å². The third kappa shape index (κ3) is 3.80. The molecular weight excluding hydrogens is 328 g/mol. The highest BCUT2D eigenvalue weighted by Gasteiger charge is 2.44. The minimum atomic E-state index is -3.27. The van der Waals surface area contributed by atoms with Crippen LogP contribution in [0.5, 0.6) is 0 Å². The molecule has 22 heavy (non-hydrogen) atoms. The zero-order valence-electron chi connectivity index (χ0n) is 12.3. The lowest BCUT2D eigenvalue weighted by Gasteiger charge is -2.17. The molecule has 1 saturated heterocycles. The Kier molecular flexibility index (Phi) is 4.17. The molecule has 1 aromatic rings. The number of rotatable bonds is 5. The Bertz CT molecular complexity index is 671. The Morgan fingerprint density at radius 2 is 2.18 bits per heavy atom. The highest BCUT2D eigenvalue weighted by Crippen LogP contribution is 2.41. The van der Waals surface area contributed by atoms with Gasteiger partial charge in [0, 0.05) is 25.3 Å². The fourth-order valence-electron chi connectivity index (χ4n) is 3.10. The lowest BCUT2D eigenvalue weighted by Crippen LogP contribution is -2.41. The summed E-state index contributed by atoms with van der Waals surface area (Å²) in [7, 11) is -3.27. The van der Waals surface area contributed by atoms with E-state index in [4.69, 9.17) is 11.6 Å². The molecule has 2 heterocycles. The molecule has 2 atom stereocenters. The van der Waals surface area contributed by atoms with Gasteiger partial charge in [-0.15, -0.1) is 0 Å². The van der Waals surface area contributed by atoms with E-state index in [9.17, 15) is 13.2 Å². The van der Waals surface area contributed by atoms with Crippen LogP contribution in [0, 0.1) is 11.8 Å². The van der Waals surface area contributed by atoms with Crippen LogP contribution < -0.4 is 4.72 Å². The molecule has 1 N–H and O–H groups in total. The van der Waals surface area contributed by atoms with E-state index in [-0.39, 0.29) is 24.4 Å². The third-order valence-electron chi connectivity index (χ3n) is 4.21. The Labute approximate surface area is 134 Å². The van der Waals surface area contributed by atoms with Crippen LogP contribution in [0.25, 0.3) is 0 Å². The van der Waals surface area contributed by atoms with Crippen molar-refractivity contribution in [2.75, 3.05) is 19.3 Å². The van der Waals surface area contributed by atoms with Gasteiger partial charge in [-0.2, -0.15) is 5.10 Å². The van der Waals surface area contributed by atoms with E-state index in [0.717, 1.165) is 19.1 Å². The van der Waals surface area contributed by atoms with E-state index in [1.165, 1.54) is 10.9 Å². The van der Waals surface area contributed by atoms with E-state index in [0.29, 0.717) is 24.0 Å². The summed E-state index contributed by atoms with van der Waals surface area (Å²) in [6, 6.07) is -0.187. The quantitative estimate of drug-likeness (QED) is 0.832. The maximum Gasteiger partial charge on any atom is 0.244 e. The number of nitrogens with zero attached hydrogens (tertiary/aromatic N) is 3. The van der Waals surface area contributed by atoms with Crippen LogP contribution in [0.2, 0.25) is 5.02 Å². The monoisotopic (exact) mass is 346 g/mol. The standard InChI is InChI=1S/C13H19ClN4O3S/c1-22(20,21)16-12-7-17(6-11(12)9-2-3-9)13(19)8-18-5-10(14)4-15-18/h4-5,9,11-12,16H,2-3,6-8H2,1H3/t11-,12+/m1/s1. The summed E-state index contributed by atoms with van der Waals surface area (Å²) in [6.45, 7) is 1.14. The Morgan fingerprint density at radius 3 is 2.73 bits per heavy atom. The smallest absolute Gasteiger partial charge is 0.244 e. The van der Waals surface area contributed by atoms with Crippen molar-refractivity contribution in [3.05, 3.63) is 17.4 Å². The molecule has 1 aliphatic carbocycles. The van der Waals surface area contributed by atoms with Crippen molar-refractivity contribution >= 4 is 27.5 Å². The van der Waals surface area contributed by atoms with Crippen molar-refractivity contribution in [3.63, 3.8) is 0 Å². The number of carbonyl (C=O) groups is 1. The SMILES string of the molecule is CS(=O)(=O)N[C@H]1CN(C(=O)Cn2cc(Cl)cn2)C[C@@H]1C1CC1. The van der Waals surface area contributed by atoms with Crippen molar-refractivity contribution in [1.82, 2.24) is 19.4 Å². The summed E-state index contributed by atoms with van der Waals surface area (Å²) in [4.78, 5) is 14.1. The van der Waals surface area contributed by atoms with Crippen LogP contribution in [-0.4, -0.2) is 54.4 Å². The van der Waals surface area contributed by atoms with Gasteiger partial charge in [-0.05, 0) is 24.7 Å². The average molecular weight is 347 g/mol. The summed E-state index contributed by atoms with van der Waals surface area (Å²) < 4.78 is 27.2. The molecule has 0 spiro atoms. The predicted molar refractivity (Wildman–Crippen MR) is 81.8 cm³/mol. The second-order valence-corrected chi connectivity index (χ2v) is 8.37. The van der Waals surface area contributed by atoms with E-state index in [1.54, 1.807) is 11.1 Å². The minimum absolute atomic E-state index is 0.0665. The molecule has 0 unspecified atom stereocenters. The number of amides is 1. The van der Waals surface area contributed by atoms with Crippen LogP contribution in [0.3, 0.4) is 0 Å². The van der Waals surface area contributed by atoms with Crippen molar-refractivity contribution in [3.8, 4) is 0 Å². The van der Waals surface area contributed by atoms with Gasteiger partial charge in [0.25, 0.3) is 0 Å². The van der Waals surface area contributed by atoms with Crippen LogP contribution in [0.4, 0.5) is 0 Å². The van der Waals surface area contributed by atoms with E-state index in [1.807, 2.05) is 0 Å². The predicted octanol–water partition coefficient (Wildman–Crippen LogP) is 0.323. The first-order chi connectivity index (χ1) is 10.3. The van der Waals surface area contributed by atoms with Gasteiger partial charge in [-0.1, -0.05) is 11.6 Å². The van der Waals surface area contributed by atoms with Gasteiger partial charge in [0.1, 0.15) is 6.54 Å². The fraction of sp³-hybridized carbons (Fsp3) is 0.692. The highest BCUT2D eigenvalue weighted by atomic mass is 35.5. The second kappa shape index (κ2) is 5.82. The summed E-state index contributed by atoms with van der Waals surface area (Å²) in [5.74, 6) is 0.666. The number of halogens is 1. The number of hydrogen-bond acceptors (Lipinski definition) is 4. The zero-order chi connectivity index (χ0) is 15.9. The van der Waals surface area contributed by atoms with Gasteiger partial charge < -0.3 is 4.90 Å². The topological polar surface area (TPSA) is 84.3 Å². The molecule has 1 saturated carbocycles. The fourth-order valence-corrected chi connectivity index (χ4v) is 4.05. The lowest BCUT2D eigenvalue weighted by molar-refractivity contribution is -0.131. The number of sulfonamides is 1. The largest absolute Gasteiger partial charge is 0.339 e. The highest BCUT2D eigenvalue weighted by molar-refractivity contribution is 7.88. The summed E-state index contributed by atoms with van der Waals surface area (Å²) >= 11 is 5.79. The molecule has 1 aromatic heterocycles. The van der Waals surface area contributed by atoms with Gasteiger partial charge in [-0.3, -0.25) is 9.48 Å². The molecule has 1 aliphatic heterocycles. The maximum absolute atomic E-state index is 12.4. The van der Waals surface area contributed by atoms with Crippen LogP contribution in [0.1, 0.15) is 12.8 Å². The van der Waals surface area contributed by atoms with Crippen LogP contribution in [-0.2, 0) is 21.4 Å². The number of carbonyl (C=O) groups excluding carboxylic acids is 1. The molecule has 2 aliphatic rings. The third-order valence-corrected chi connectivity index (χ3v) is 5.14. The normalized spacial score (nSPS) is 25.6. The molecule has 2 fully saturated rings. The lowest BCUT2D eigenvalue weighted by atomic mass is 9.99. The van der Waals surface area contributed by atoms with Crippen molar-refractivity contribution in [1.29, 1.82) is 0 Å². The molecule has 7 nitrogen and oxygen atoms in total. The molecular formula is C13H19ClN4O3S. The van der Waals surface area contributed by atoms with Crippen LogP contribution in [0.15, 0.2) is 12.4 Å². The number of aromatic nitrogens is 2. The van der Waals surface area contributed by atoms with Crippen molar-refractivity contribution in [2.45, 2.75) is 25.4 Å². The van der Waals surface area contributed by atoms with Gasteiger partial charge in [-0.25, -0.2) is 13.1 Å². The first-order valence-corrected chi connectivity index (χ1v) is 9.52. The van der Waals surface area contributed by atoms with Crippen molar-refractivity contribution in [2.24, 2.45) is 11.8 Å². The maximum atomic E-state index is 12.4. The Hall–Kier alpha value is -1.12. The van der Waals surface area contributed by atoms with Gasteiger partial charge in [0.15, 0.2) is 0 Å². The molecule has 3 rings (SSSR count). The van der Waals surface area contributed by atoms with Gasteiger partial charge in [0.05, 0.1) is 17.5 Å². The molecule has 1 amide bonds. The number of nitrogens with one attached hydrogen (secondary N) is 1. The molecule has 0 radical (unpaired) electrons. The van der Waals surface area contributed by atoms with Crippen LogP contribution >= 0.6 is 11.6 Å². The first kappa shape index (κ1) is 15.8. The molecule has 122 valence electrons. The zero-order valence-corrected chi connectivity index (χ0v) is 13.8. The van der Waals surface area contributed by atoms with Crippen molar-refractivity contribution < 1.29 is 13.2 Å². The summed E-state index contributed by atoms with van der Waals surface area (Å²) in [5, 5.41) is 4.49. The second-order valence-electron chi connectivity index (χ2n) is 6.15. The average Bonchev–Trinajstić information content (AvgIpc) is 3.04. The molecule has 9 heteroatoms.